The lowest BCUT2D eigenvalue weighted by Gasteiger charge is -2.01. The fraction of sp³-hybridized carbons (Fsp3) is 0.0909. The maximum atomic E-state index is 12.3. The van der Waals surface area contributed by atoms with Crippen molar-refractivity contribution >= 4 is 0 Å². The third-order valence-corrected chi connectivity index (χ3v) is 1.66. The monoisotopic (exact) mass is 241 g/mol. The Morgan fingerprint density at radius 3 is 2.35 bits per heavy atom. The number of hydrogen-bond acceptors (Lipinski definition) is 2. The fourth-order valence-electron chi connectivity index (χ4n) is 0.943. The van der Waals surface area contributed by atoms with Gasteiger partial charge in [-0.3, -0.25) is 10.1 Å². The van der Waals surface area contributed by atoms with Gasteiger partial charge in [0.2, 0.25) is 0 Å². The van der Waals surface area contributed by atoms with Crippen molar-refractivity contribution in [3.63, 3.8) is 0 Å². The Balaban J connectivity index is 3.05. The van der Waals surface area contributed by atoms with Crippen molar-refractivity contribution in [1.29, 1.82) is 0 Å². The first-order valence-electron chi connectivity index (χ1n) is 4.39. The molecule has 1 aromatic rings. The quantitative estimate of drug-likeness (QED) is 0.431. The number of rotatable bonds is 1. The SMILES string of the molecule is O=[N+]([O-])/C=C(\C#Cc1ccccc1)C(F)(F)F. The van der Waals surface area contributed by atoms with Crippen LogP contribution in [-0.2, 0) is 0 Å². The smallest absolute Gasteiger partial charge is 0.259 e. The van der Waals surface area contributed by atoms with Crippen molar-refractivity contribution in [3.8, 4) is 11.8 Å². The van der Waals surface area contributed by atoms with E-state index in [2.05, 4.69) is 5.92 Å². The molecule has 0 aromatic heterocycles. The van der Waals surface area contributed by atoms with Crippen LogP contribution in [-0.4, -0.2) is 11.1 Å². The van der Waals surface area contributed by atoms with E-state index >= 15 is 0 Å². The maximum Gasteiger partial charge on any atom is 0.430 e. The van der Waals surface area contributed by atoms with Gasteiger partial charge in [0.05, 0.1) is 4.92 Å². The Hall–Kier alpha value is -2.29. The number of allylic oxidation sites excluding steroid dienone is 1. The van der Waals surface area contributed by atoms with Gasteiger partial charge in [0.1, 0.15) is 0 Å². The molecular weight excluding hydrogens is 235 g/mol. The minimum atomic E-state index is -4.82. The van der Waals surface area contributed by atoms with Crippen LogP contribution >= 0.6 is 0 Å². The molecule has 1 rings (SSSR count). The summed E-state index contributed by atoms with van der Waals surface area (Å²) in [6.45, 7) is 0. The van der Waals surface area contributed by atoms with Crippen LogP contribution in [0.15, 0.2) is 42.1 Å². The molecule has 0 fully saturated rings. The zero-order valence-corrected chi connectivity index (χ0v) is 8.36. The van der Waals surface area contributed by atoms with Gasteiger partial charge in [0.15, 0.2) is 5.57 Å². The van der Waals surface area contributed by atoms with E-state index in [-0.39, 0.29) is 6.20 Å². The molecule has 17 heavy (non-hydrogen) atoms. The summed E-state index contributed by atoms with van der Waals surface area (Å²) in [7, 11) is 0. The average molecular weight is 241 g/mol. The molecule has 0 aliphatic rings. The van der Waals surface area contributed by atoms with Gasteiger partial charge in [-0.2, -0.15) is 13.2 Å². The predicted octanol–water partition coefficient (Wildman–Crippen LogP) is 2.76. The Morgan fingerprint density at radius 1 is 1.29 bits per heavy atom. The summed E-state index contributed by atoms with van der Waals surface area (Å²) in [5, 5.41) is 10.0. The zero-order chi connectivity index (χ0) is 12.9. The first-order valence-corrected chi connectivity index (χ1v) is 4.39. The van der Waals surface area contributed by atoms with Gasteiger partial charge >= 0.3 is 6.18 Å². The van der Waals surface area contributed by atoms with E-state index in [0.29, 0.717) is 5.56 Å². The van der Waals surface area contributed by atoms with Crippen molar-refractivity contribution in [2.75, 3.05) is 0 Å². The van der Waals surface area contributed by atoms with Crippen LogP contribution in [0.3, 0.4) is 0 Å². The van der Waals surface area contributed by atoms with Crippen LogP contribution in [0, 0.1) is 22.0 Å². The lowest BCUT2D eigenvalue weighted by molar-refractivity contribution is -0.404. The number of nitrogens with zero attached hydrogens (tertiary/aromatic N) is 1. The molecule has 6 heteroatoms. The number of alkyl halides is 3. The van der Waals surface area contributed by atoms with Gasteiger partial charge in [0.25, 0.3) is 6.20 Å². The van der Waals surface area contributed by atoms with Crippen LogP contribution in [0.5, 0.6) is 0 Å². The molecular formula is C11H6F3NO2. The molecule has 0 amide bonds. The van der Waals surface area contributed by atoms with E-state index in [1.807, 2.05) is 0 Å². The van der Waals surface area contributed by atoms with Crippen LogP contribution in [0.1, 0.15) is 5.56 Å². The van der Waals surface area contributed by atoms with E-state index in [1.165, 1.54) is 12.1 Å². The lowest BCUT2D eigenvalue weighted by Crippen LogP contribution is -2.12. The van der Waals surface area contributed by atoms with Crippen LogP contribution in [0.2, 0.25) is 0 Å². The standard InChI is InChI=1S/C11H6F3NO2/c12-11(13,14)10(8-15(16)17)7-6-9-4-2-1-3-5-9/h1-5,8H/b10-8+. The molecule has 0 radical (unpaired) electrons. The van der Waals surface area contributed by atoms with E-state index in [0.717, 1.165) is 0 Å². The highest BCUT2D eigenvalue weighted by molar-refractivity contribution is 5.41. The number of benzene rings is 1. The second kappa shape index (κ2) is 5.16. The first kappa shape index (κ1) is 12.8. The zero-order valence-electron chi connectivity index (χ0n) is 8.36. The minimum absolute atomic E-state index is 0.143. The molecule has 1 aromatic carbocycles. The summed E-state index contributed by atoms with van der Waals surface area (Å²) in [5.41, 5.74) is -1.13. The highest BCUT2D eigenvalue weighted by Crippen LogP contribution is 2.24. The van der Waals surface area contributed by atoms with Crippen molar-refractivity contribution in [3.05, 3.63) is 57.8 Å². The number of hydrogen-bond donors (Lipinski definition) is 0. The molecule has 0 N–H and O–H groups in total. The second-order valence-corrected chi connectivity index (χ2v) is 2.94. The molecule has 0 bridgehead atoms. The topological polar surface area (TPSA) is 43.1 Å². The van der Waals surface area contributed by atoms with E-state index in [9.17, 15) is 23.3 Å². The third-order valence-electron chi connectivity index (χ3n) is 1.66. The predicted molar refractivity (Wildman–Crippen MR) is 54.5 cm³/mol. The largest absolute Gasteiger partial charge is 0.430 e. The highest BCUT2D eigenvalue weighted by Gasteiger charge is 2.35. The summed E-state index contributed by atoms with van der Waals surface area (Å²) < 4.78 is 36.9. The molecule has 0 saturated heterocycles. The summed E-state index contributed by atoms with van der Waals surface area (Å²) in [6, 6.07) is 7.91. The molecule has 3 nitrogen and oxygen atoms in total. The summed E-state index contributed by atoms with van der Waals surface area (Å²) in [4.78, 5) is 8.85. The minimum Gasteiger partial charge on any atom is -0.259 e. The van der Waals surface area contributed by atoms with Gasteiger partial charge in [-0.05, 0) is 12.1 Å². The molecule has 0 aliphatic heterocycles. The normalized spacial score (nSPS) is 11.6. The maximum absolute atomic E-state index is 12.3. The van der Waals surface area contributed by atoms with E-state index in [1.54, 1.807) is 24.1 Å². The van der Waals surface area contributed by atoms with Gasteiger partial charge in [-0.1, -0.05) is 30.0 Å². The van der Waals surface area contributed by atoms with Crippen molar-refractivity contribution < 1.29 is 18.1 Å². The Labute approximate surface area is 94.7 Å². The van der Waals surface area contributed by atoms with Crippen LogP contribution in [0.25, 0.3) is 0 Å². The van der Waals surface area contributed by atoms with Crippen LogP contribution in [0.4, 0.5) is 13.2 Å². The summed E-state index contributed by atoms with van der Waals surface area (Å²) >= 11 is 0. The molecule has 0 aliphatic carbocycles. The van der Waals surface area contributed by atoms with Gasteiger partial charge in [0, 0.05) is 5.56 Å². The van der Waals surface area contributed by atoms with Crippen molar-refractivity contribution in [1.82, 2.24) is 0 Å². The molecule has 0 heterocycles. The highest BCUT2D eigenvalue weighted by atomic mass is 19.4. The molecule has 0 unspecified atom stereocenters. The Morgan fingerprint density at radius 2 is 1.88 bits per heavy atom. The second-order valence-electron chi connectivity index (χ2n) is 2.94. The molecule has 0 atom stereocenters. The Kier molecular flexibility index (Phi) is 3.88. The molecule has 88 valence electrons. The summed E-state index contributed by atoms with van der Waals surface area (Å²) in [5.74, 6) is 3.97. The van der Waals surface area contributed by atoms with E-state index < -0.39 is 16.7 Å². The van der Waals surface area contributed by atoms with Crippen molar-refractivity contribution in [2.24, 2.45) is 0 Å². The Bertz CT molecular complexity index is 495. The number of nitro groups is 1. The first-order chi connectivity index (χ1) is 7.89. The molecule has 0 spiro atoms. The van der Waals surface area contributed by atoms with Crippen molar-refractivity contribution in [2.45, 2.75) is 6.18 Å². The average Bonchev–Trinajstić information content (AvgIpc) is 2.23. The van der Waals surface area contributed by atoms with Gasteiger partial charge in [-0.25, -0.2) is 0 Å². The third kappa shape index (κ3) is 4.38. The number of halogens is 3. The van der Waals surface area contributed by atoms with Gasteiger partial charge < -0.3 is 0 Å². The van der Waals surface area contributed by atoms with E-state index in [4.69, 9.17) is 0 Å². The lowest BCUT2D eigenvalue weighted by atomic mass is 10.2. The fourth-order valence-corrected chi connectivity index (χ4v) is 0.943. The summed E-state index contributed by atoms with van der Waals surface area (Å²) in [6.07, 6.45) is -4.97. The molecule has 0 saturated carbocycles. The van der Waals surface area contributed by atoms with Crippen LogP contribution < -0.4 is 0 Å². The van der Waals surface area contributed by atoms with Gasteiger partial charge in [-0.15, -0.1) is 0 Å².